The molecule has 1 aromatic carbocycles. The lowest BCUT2D eigenvalue weighted by molar-refractivity contribution is -0.115. The first-order chi connectivity index (χ1) is 13.8. The first-order valence-electron chi connectivity index (χ1n) is 11.9. The molecule has 1 rings (SSSR count). The van der Waals surface area contributed by atoms with Crippen molar-refractivity contribution in [1.29, 1.82) is 0 Å². The smallest absolute Gasteiger partial charge is 0.228 e. The molecule has 0 amide bonds. The Morgan fingerprint density at radius 3 is 1.39 bits per heavy atom. The van der Waals surface area contributed by atoms with Crippen molar-refractivity contribution in [2.45, 2.75) is 116 Å². The first kappa shape index (κ1) is 24.6. The third-order valence-corrected chi connectivity index (χ3v) is 5.55. The van der Waals surface area contributed by atoms with Gasteiger partial charge in [-0.1, -0.05) is 134 Å². The summed E-state index contributed by atoms with van der Waals surface area (Å²) in [6.45, 7) is 2.27. The molecular weight excluding hydrogens is 344 g/mol. The van der Waals surface area contributed by atoms with Gasteiger partial charge in [-0.3, -0.25) is 9.59 Å². The highest BCUT2D eigenvalue weighted by Crippen LogP contribution is 2.14. The maximum Gasteiger partial charge on any atom is 0.228 e. The number of hydrogen-bond acceptors (Lipinski definition) is 2. The zero-order chi connectivity index (χ0) is 20.3. The molecule has 0 spiro atoms. The van der Waals surface area contributed by atoms with Gasteiger partial charge in [-0.2, -0.15) is 0 Å². The van der Waals surface area contributed by atoms with Crippen LogP contribution in [0.3, 0.4) is 0 Å². The Labute approximate surface area is 173 Å². The van der Waals surface area contributed by atoms with Crippen LogP contribution in [0.25, 0.3) is 0 Å². The zero-order valence-corrected chi connectivity index (χ0v) is 18.2. The second-order valence-electron chi connectivity index (χ2n) is 8.17. The van der Waals surface area contributed by atoms with Crippen LogP contribution in [0, 0.1) is 0 Å². The highest BCUT2D eigenvalue weighted by molar-refractivity contribution is 6.43. The average molecular weight is 387 g/mol. The van der Waals surface area contributed by atoms with Gasteiger partial charge in [0.1, 0.15) is 0 Å². The molecule has 0 radical (unpaired) electrons. The number of unbranched alkanes of at least 4 members (excludes halogenated alkanes) is 15. The lowest BCUT2D eigenvalue weighted by atomic mass is 10.0. The zero-order valence-electron chi connectivity index (χ0n) is 18.2. The minimum atomic E-state index is -0.332. The van der Waals surface area contributed by atoms with Crippen molar-refractivity contribution < 1.29 is 9.59 Å². The summed E-state index contributed by atoms with van der Waals surface area (Å²) in [4.78, 5) is 23.9. The molecule has 0 unspecified atom stereocenters. The summed E-state index contributed by atoms with van der Waals surface area (Å²) >= 11 is 0. The van der Waals surface area contributed by atoms with Crippen molar-refractivity contribution in [3.63, 3.8) is 0 Å². The summed E-state index contributed by atoms with van der Waals surface area (Å²) in [5.41, 5.74) is 0.518. The standard InChI is InChI=1S/C26H42O2/c1-2-3-4-5-6-7-8-9-10-11-12-13-14-15-16-20-23-25(27)26(28)24-21-18-17-19-22-24/h17-19,21-22H,2-16,20,23H2,1H3. The fourth-order valence-electron chi connectivity index (χ4n) is 3.70. The van der Waals surface area contributed by atoms with E-state index in [9.17, 15) is 9.59 Å². The molecule has 0 aliphatic rings. The van der Waals surface area contributed by atoms with Gasteiger partial charge >= 0.3 is 0 Å². The number of carbonyl (C=O) groups is 2. The normalized spacial score (nSPS) is 10.9. The van der Waals surface area contributed by atoms with Gasteiger partial charge < -0.3 is 0 Å². The Kier molecular flexibility index (Phi) is 15.5. The quantitative estimate of drug-likeness (QED) is 0.137. The highest BCUT2D eigenvalue weighted by Gasteiger charge is 2.14. The van der Waals surface area contributed by atoms with E-state index in [4.69, 9.17) is 0 Å². The van der Waals surface area contributed by atoms with E-state index >= 15 is 0 Å². The minimum absolute atomic E-state index is 0.239. The monoisotopic (exact) mass is 386 g/mol. The summed E-state index contributed by atoms with van der Waals surface area (Å²) in [5.74, 6) is -0.571. The highest BCUT2D eigenvalue weighted by atomic mass is 16.2. The molecule has 0 fully saturated rings. The number of ketones is 2. The maximum absolute atomic E-state index is 12.0. The number of carbonyl (C=O) groups excluding carboxylic acids is 2. The molecule has 2 heteroatoms. The third-order valence-electron chi connectivity index (χ3n) is 5.55. The van der Waals surface area contributed by atoms with Crippen LogP contribution in [0.4, 0.5) is 0 Å². The Morgan fingerprint density at radius 1 is 0.571 bits per heavy atom. The van der Waals surface area contributed by atoms with E-state index in [2.05, 4.69) is 6.92 Å². The van der Waals surface area contributed by atoms with Crippen LogP contribution in [0.2, 0.25) is 0 Å². The average Bonchev–Trinajstić information content (AvgIpc) is 2.73. The van der Waals surface area contributed by atoms with Gasteiger partial charge in [0, 0.05) is 12.0 Å². The molecule has 0 N–H and O–H groups in total. The van der Waals surface area contributed by atoms with E-state index < -0.39 is 0 Å². The molecule has 2 nitrogen and oxygen atoms in total. The molecular formula is C26H42O2. The fourth-order valence-corrected chi connectivity index (χ4v) is 3.70. The molecule has 1 aromatic rings. The van der Waals surface area contributed by atoms with Crippen molar-refractivity contribution in [3.05, 3.63) is 35.9 Å². The van der Waals surface area contributed by atoms with E-state index in [-0.39, 0.29) is 11.6 Å². The molecule has 0 aliphatic carbocycles. The molecule has 0 aliphatic heterocycles. The topological polar surface area (TPSA) is 34.1 Å². The lowest BCUT2D eigenvalue weighted by Crippen LogP contribution is -2.13. The maximum atomic E-state index is 12.0. The summed E-state index contributed by atoms with van der Waals surface area (Å²) < 4.78 is 0. The second kappa shape index (κ2) is 17.6. The molecule has 0 saturated carbocycles. The Hall–Kier alpha value is -1.44. The summed E-state index contributed by atoms with van der Waals surface area (Å²) in [7, 11) is 0. The second-order valence-corrected chi connectivity index (χ2v) is 8.17. The number of Topliss-reactive ketones (excluding diaryl/α,β-unsaturated/α-hetero) is 2. The van der Waals surface area contributed by atoms with E-state index in [1.54, 1.807) is 24.3 Å². The van der Waals surface area contributed by atoms with Gasteiger partial charge in [0.25, 0.3) is 0 Å². The van der Waals surface area contributed by atoms with Gasteiger partial charge in [0.05, 0.1) is 0 Å². The molecule has 0 atom stereocenters. The van der Waals surface area contributed by atoms with Crippen molar-refractivity contribution >= 4 is 11.6 Å². The predicted octanol–water partition coefficient (Wildman–Crippen LogP) is 8.09. The van der Waals surface area contributed by atoms with Crippen LogP contribution in [0.1, 0.15) is 126 Å². The predicted molar refractivity (Wildman–Crippen MR) is 120 cm³/mol. The SMILES string of the molecule is CCCCCCCCCCCCCCCCCCC(=O)C(=O)c1ccccc1. The summed E-state index contributed by atoms with van der Waals surface area (Å²) in [6.07, 6.45) is 21.5. The molecule has 158 valence electrons. The van der Waals surface area contributed by atoms with Gasteiger partial charge in [0.15, 0.2) is 0 Å². The molecule has 0 saturated heterocycles. The van der Waals surface area contributed by atoms with Gasteiger partial charge in [-0.05, 0) is 6.42 Å². The largest absolute Gasteiger partial charge is 0.290 e. The molecule has 0 bridgehead atoms. The van der Waals surface area contributed by atoms with Crippen LogP contribution in [0.15, 0.2) is 30.3 Å². The van der Waals surface area contributed by atoms with Crippen molar-refractivity contribution in [2.75, 3.05) is 0 Å². The van der Waals surface area contributed by atoms with Crippen LogP contribution in [-0.2, 0) is 4.79 Å². The third kappa shape index (κ3) is 12.9. The summed E-state index contributed by atoms with van der Waals surface area (Å²) in [6, 6.07) is 8.89. The van der Waals surface area contributed by atoms with Crippen molar-refractivity contribution in [2.24, 2.45) is 0 Å². The van der Waals surface area contributed by atoms with Crippen molar-refractivity contribution in [3.8, 4) is 0 Å². The van der Waals surface area contributed by atoms with Crippen LogP contribution < -0.4 is 0 Å². The Balaban J connectivity index is 1.83. The van der Waals surface area contributed by atoms with E-state index in [1.807, 2.05) is 6.07 Å². The van der Waals surface area contributed by atoms with E-state index in [0.29, 0.717) is 12.0 Å². The number of benzene rings is 1. The molecule has 28 heavy (non-hydrogen) atoms. The molecule has 0 heterocycles. The first-order valence-corrected chi connectivity index (χ1v) is 11.9. The lowest BCUT2D eigenvalue weighted by Gasteiger charge is -2.04. The van der Waals surface area contributed by atoms with Gasteiger partial charge in [-0.25, -0.2) is 0 Å². The fraction of sp³-hybridized carbons (Fsp3) is 0.692. The van der Waals surface area contributed by atoms with Crippen molar-refractivity contribution in [1.82, 2.24) is 0 Å². The van der Waals surface area contributed by atoms with Crippen LogP contribution in [-0.4, -0.2) is 11.6 Å². The van der Waals surface area contributed by atoms with Crippen LogP contribution in [0.5, 0.6) is 0 Å². The Bertz CT molecular complexity index is 506. The van der Waals surface area contributed by atoms with Gasteiger partial charge in [0.2, 0.25) is 11.6 Å². The van der Waals surface area contributed by atoms with Gasteiger partial charge in [-0.15, -0.1) is 0 Å². The Morgan fingerprint density at radius 2 is 0.964 bits per heavy atom. The molecule has 0 aromatic heterocycles. The number of hydrogen-bond donors (Lipinski definition) is 0. The van der Waals surface area contributed by atoms with E-state index in [0.717, 1.165) is 12.8 Å². The minimum Gasteiger partial charge on any atom is -0.290 e. The van der Waals surface area contributed by atoms with E-state index in [1.165, 1.54) is 89.9 Å². The number of rotatable bonds is 19. The summed E-state index contributed by atoms with van der Waals surface area (Å²) in [5, 5.41) is 0. The van der Waals surface area contributed by atoms with Crippen LogP contribution >= 0.6 is 0 Å².